The fourth-order valence-corrected chi connectivity index (χ4v) is 1.52. The average molecular weight is 224 g/mol. The van der Waals surface area contributed by atoms with Crippen molar-refractivity contribution in [2.24, 2.45) is 5.92 Å². The molecule has 0 saturated carbocycles. The summed E-state index contributed by atoms with van der Waals surface area (Å²) in [7, 11) is 0. The Hall–Kier alpha value is -1.16. The standard InChI is InChI=1S/C11H16N2OS/c1-3-8(4-2)11(14)13-9-5-6-10(15)12-7-9/h5-8H,3-4H2,1-2H3,(H,12,15)(H,13,14). The number of amides is 1. The Labute approximate surface area is 94.9 Å². The first-order chi connectivity index (χ1) is 7.17. The predicted molar refractivity (Wildman–Crippen MR) is 64.3 cm³/mol. The maximum atomic E-state index is 11.7. The molecule has 82 valence electrons. The molecule has 0 fully saturated rings. The number of H-pyrrole nitrogens is 1. The molecular formula is C11H16N2OS. The van der Waals surface area contributed by atoms with Gasteiger partial charge in [-0.25, -0.2) is 0 Å². The summed E-state index contributed by atoms with van der Waals surface area (Å²) in [5.74, 6) is 0.165. The summed E-state index contributed by atoms with van der Waals surface area (Å²) < 4.78 is 0.663. The number of nitrogens with one attached hydrogen (secondary N) is 2. The molecule has 0 unspecified atom stereocenters. The molecule has 0 aromatic carbocycles. The third kappa shape index (κ3) is 3.47. The Morgan fingerprint density at radius 3 is 2.60 bits per heavy atom. The summed E-state index contributed by atoms with van der Waals surface area (Å²) in [6.45, 7) is 4.04. The zero-order valence-electron chi connectivity index (χ0n) is 9.04. The summed E-state index contributed by atoms with van der Waals surface area (Å²) in [6, 6.07) is 3.57. The van der Waals surface area contributed by atoms with E-state index in [0.29, 0.717) is 4.64 Å². The van der Waals surface area contributed by atoms with Gasteiger partial charge in [0.2, 0.25) is 5.91 Å². The van der Waals surface area contributed by atoms with E-state index < -0.39 is 0 Å². The molecule has 1 amide bonds. The molecule has 0 spiro atoms. The molecule has 0 bridgehead atoms. The van der Waals surface area contributed by atoms with Crippen LogP contribution in [-0.4, -0.2) is 10.9 Å². The van der Waals surface area contributed by atoms with Crippen molar-refractivity contribution in [2.45, 2.75) is 26.7 Å². The number of anilines is 1. The molecule has 4 heteroatoms. The second kappa shape index (κ2) is 5.66. The molecule has 2 N–H and O–H groups in total. The van der Waals surface area contributed by atoms with E-state index in [9.17, 15) is 4.79 Å². The first-order valence-corrected chi connectivity index (χ1v) is 5.57. The van der Waals surface area contributed by atoms with Gasteiger partial charge in [0.15, 0.2) is 0 Å². The fourth-order valence-electron chi connectivity index (χ4n) is 1.39. The Balaban J connectivity index is 2.65. The highest BCUT2D eigenvalue weighted by Crippen LogP contribution is 2.12. The molecule has 1 aromatic rings. The lowest BCUT2D eigenvalue weighted by molar-refractivity contribution is -0.120. The lowest BCUT2D eigenvalue weighted by Crippen LogP contribution is -2.21. The average Bonchev–Trinajstić information content (AvgIpc) is 2.23. The fraction of sp³-hybridized carbons (Fsp3) is 0.455. The number of carbonyl (C=O) groups excluding carboxylic acids is 1. The van der Waals surface area contributed by atoms with Gasteiger partial charge in [-0.1, -0.05) is 26.1 Å². The van der Waals surface area contributed by atoms with E-state index in [4.69, 9.17) is 12.2 Å². The highest BCUT2D eigenvalue weighted by Gasteiger charge is 2.13. The maximum absolute atomic E-state index is 11.7. The summed E-state index contributed by atoms with van der Waals surface area (Å²) in [6.07, 6.45) is 3.44. The van der Waals surface area contributed by atoms with E-state index in [0.717, 1.165) is 18.5 Å². The number of pyridine rings is 1. The van der Waals surface area contributed by atoms with Crippen molar-refractivity contribution >= 4 is 23.8 Å². The molecule has 0 radical (unpaired) electrons. The molecule has 0 saturated heterocycles. The van der Waals surface area contributed by atoms with E-state index in [2.05, 4.69) is 10.3 Å². The van der Waals surface area contributed by atoms with Crippen LogP contribution in [-0.2, 0) is 4.79 Å². The van der Waals surface area contributed by atoms with Crippen LogP contribution in [0, 0.1) is 10.6 Å². The third-order valence-electron chi connectivity index (χ3n) is 2.41. The third-order valence-corrected chi connectivity index (χ3v) is 2.66. The lowest BCUT2D eigenvalue weighted by atomic mass is 10.0. The Kier molecular flexibility index (Phi) is 4.49. The van der Waals surface area contributed by atoms with Crippen LogP contribution in [0.1, 0.15) is 26.7 Å². The van der Waals surface area contributed by atoms with Crippen LogP contribution >= 0.6 is 12.2 Å². The number of aromatic amines is 1. The van der Waals surface area contributed by atoms with Gasteiger partial charge in [-0.05, 0) is 25.0 Å². The molecule has 0 aliphatic rings. The first-order valence-electron chi connectivity index (χ1n) is 5.17. The van der Waals surface area contributed by atoms with Gasteiger partial charge in [-0.15, -0.1) is 0 Å². The number of hydrogen-bond acceptors (Lipinski definition) is 2. The molecule has 1 heterocycles. The molecule has 0 aliphatic carbocycles. The van der Waals surface area contributed by atoms with Crippen molar-refractivity contribution in [3.8, 4) is 0 Å². The van der Waals surface area contributed by atoms with Gasteiger partial charge in [0, 0.05) is 12.1 Å². The molecule has 0 atom stereocenters. The van der Waals surface area contributed by atoms with Gasteiger partial charge >= 0.3 is 0 Å². The second-order valence-corrected chi connectivity index (χ2v) is 3.88. The molecule has 15 heavy (non-hydrogen) atoms. The van der Waals surface area contributed by atoms with Crippen LogP contribution in [0.5, 0.6) is 0 Å². The minimum Gasteiger partial charge on any atom is -0.351 e. The van der Waals surface area contributed by atoms with E-state index in [1.54, 1.807) is 18.3 Å². The predicted octanol–water partition coefficient (Wildman–Crippen LogP) is 3.12. The molecular weight excluding hydrogens is 208 g/mol. The summed E-state index contributed by atoms with van der Waals surface area (Å²) in [5, 5.41) is 2.85. The van der Waals surface area contributed by atoms with Crippen molar-refractivity contribution in [2.75, 3.05) is 5.32 Å². The number of rotatable bonds is 4. The van der Waals surface area contributed by atoms with Crippen molar-refractivity contribution in [1.82, 2.24) is 4.98 Å². The van der Waals surface area contributed by atoms with Gasteiger partial charge in [-0.2, -0.15) is 0 Å². The smallest absolute Gasteiger partial charge is 0.227 e. The monoisotopic (exact) mass is 224 g/mol. The van der Waals surface area contributed by atoms with Crippen LogP contribution in [0.25, 0.3) is 0 Å². The zero-order chi connectivity index (χ0) is 11.3. The second-order valence-electron chi connectivity index (χ2n) is 3.44. The van der Waals surface area contributed by atoms with Crippen LogP contribution < -0.4 is 5.32 Å². The minimum atomic E-state index is 0.0746. The van der Waals surface area contributed by atoms with Gasteiger partial charge in [0.25, 0.3) is 0 Å². The number of aromatic nitrogens is 1. The first kappa shape index (κ1) is 11.9. The Morgan fingerprint density at radius 1 is 1.47 bits per heavy atom. The maximum Gasteiger partial charge on any atom is 0.227 e. The topological polar surface area (TPSA) is 44.9 Å². The van der Waals surface area contributed by atoms with Crippen LogP contribution in [0.3, 0.4) is 0 Å². The SMILES string of the molecule is CCC(CC)C(=O)Nc1ccc(=S)[nH]c1. The highest BCUT2D eigenvalue weighted by atomic mass is 32.1. The van der Waals surface area contributed by atoms with Gasteiger partial charge < -0.3 is 10.3 Å². The van der Waals surface area contributed by atoms with E-state index >= 15 is 0 Å². The number of carbonyl (C=O) groups is 1. The van der Waals surface area contributed by atoms with Crippen molar-refractivity contribution in [1.29, 1.82) is 0 Å². The van der Waals surface area contributed by atoms with E-state index in [1.807, 2.05) is 13.8 Å². The Bertz CT molecular complexity index is 362. The molecule has 1 rings (SSSR count). The van der Waals surface area contributed by atoms with E-state index in [1.165, 1.54) is 0 Å². The summed E-state index contributed by atoms with van der Waals surface area (Å²) in [5.41, 5.74) is 0.764. The van der Waals surface area contributed by atoms with Gasteiger partial charge in [-0.3, -0.25) is 4.79 Å². The van der Waals surface area contributed by atoms with Crippen LogP contribution in [0.15, 0.2) is 18.3 Å². The zero-order valence-corrected chi connectivity index (χ0v) is 9.86. The Morgan fingerprint density at radius 2 is 2.13 bits per heavy atom. The minimum absolute atomic E-state index is 0.0746. The van der Waals surface area contributed by atoms with Crippen molar-refractivity contribution < 1.29 is 4.79 Å². The van der Waals surface area contributed by atoms with Gasteiger partial charge in [0.05, 0.1) is 5.69 Å². The van der Waals surface area contributed by atoms with Crippen molar-refractivity contribution in [3.63, 3.8) is 0 Å². The molecule has 1 aromatic heterocycles. The highest BCUT2D eigenvalue weighted by molar-refractivity contribution is 7.71. The van der Waals surface area contributed by atoms with Crippen molar-refractivity contribution in [3.05, 3.63) is 23.0 Å². The summed E-state index contributed by atoms with van der Waals surface area (Å²) >= 11 is 4.91. The van der Waals surface area contributed by atoms with E-state index in [-0.39, 0.29) is 11.8 Å². The van der Waals surface area contributed by atoms with Gasteiger partial charge in [0.1, 0.15) is 4.64 Å². The normalized spacial score (nSPS) is 10.3. The molecule has 3 nitrogen and oxygen atoms in total. The molecule has 0 aliphatic heterocycles. The largest absolute Gasteiger partial charge is 0.351 e. The van der Waals surface area contributed by atoms with Crippen LogP contribution in [0.4, 0.5) is 5.69 Å². The lowest BCUT2D eigenvalue weighted by Gasteiger charge is -2.12. The number of hydrogen-bond donors (Lipinski definition) is 2. The summed E-state index contributed by atoms with van der Waals surface area (Å²) in [4.78, 5) is 14.6. The van der Waals surface area contributed by atoms with Crippen LogP contribution in [0.2, 0.25) is 0 Å². The quantitative estimate of drug-likeness (QED) is 0.772.